The monoisotopic (exact) mass is 262 g/mol. The second-order valence-corrected chi connectivity index (χ2v) is 6.03. The second kappa shape index (κ2) is 5.11. The number of carbonyl (C=O) groups excluding carboxylic acids is 1. The highest BCUT2D eigenvalue weighted by Gasteiger charge is 2.31. The number of rotatable bonds is 4. The van der Waals surface area contributed by atoms with E-state index in [1.54, 1.807) is 25.3 Å². The number of carbonyl (C=O) groups is 1. The lowest BCUT2D eigenvalue weighted by atomic mass is 9.92. The summed E-state index contributed by atoms with van der Waals surface area (Å²) < 4.78 is 5.33. The Morgan fingerprint density at radius 3 is 2.74 bits per heavy atom. The first kappa shape index (κ1) is 13.7. The summed E-state index contributed by atoms with van der Waals surface area (Å²) in [6.45, 7) is 4.57. The molecule has 1 fully saturated rings. The summed E-state index contributed by atoms with van der Waals surface area (Å²) in [5.74, 6) is 0.326. The van der Waals surface area contributed by atoms with E-state index in [1.807, 2.05) is 0 Å². The Kier molecular flexibility index (Phi) is 3.69. The Hall–Kier alpha value is -1.71. The molecular weight excluding hydrogens is 240 g/mol. The van der Waals surface area contributed by atoms with Crippen LogP contribution in [0.4, 0.5) is 5.69 Å². The molecule has 1 amide bonds. The minimum absolute atomic E-state index is 0.381. The van der Waals surface area contributed by atoms with Crippen molar-refractivity contribution in [1.82, 2.24) is 0 Å². The number of ether oxygens (including phenoxy) is 1. The smallest absolute Gasteiger partial charge is 0.248 e. The summed E-state index contributed by atoms with van der Waals surface area (Å²) in [5, 5.41) is 3.48. The zero-order chi connectivity index (χ0) is 14.0. The van der Waals surface area contributed by atoms with Gasteiger partial charge in [0, 0.05) is 11.6 Å². The van der Waals surface area contributed by atoms with E-state index in [2.05, 4.69) is 19.2 Å². The molecule has 2 rings (SSSR count). The zero-order valence-electron chi connectivity index (χ0n) is 11.8. The maximum Gasteiger partial charge on any atom is 0.248 e. The molecule has 0 aliphatic heterocycles. The van der Waals surface area contributed by atoms with Crippen LogP contribution in [0.1, 0.15) is 43.5 Å². The van der Waals surface area contributed by atoms with Gasteiger partial charge in [0.1, 0.15) is 5.75 Å². The van der Waals surface area contributed by atoms with Crippen molar-refractivity contribution in [2.45, 2.75) is 39.2 Å². The number of benzene rings is 1. The molecule has 1 aliphatic rings. The lowest BCUT2D eigenvalue weighted by Gasteiger charge is -2.20. The molecule has 0 aromatic heterocycles. The van der Waals surface area contributed by atoms with Crippen molar-refractivity contribution in [2.24, 2.45) is 11.1 Å². The molecule has 1 saturated carbocycles. The highest BCUT2D eigenvalue weighted by molar-refractivity contribution is 5.94. The van der Waals surface area contributed by atoms with Crippen LogP contribution in [0.2, 0.25) is 0 Å². The van der Waals surface area contributed by atoms with Crippen molar-refractivity contribution in [3.05, 3.63) is 23.8 Å². The maximum absolute atomic E-state index is 11.2. The number of primary amides is 1. The first-order valence-corrected chi connectivity index (χ1v) is 6.66. The Bertz CT molecular complexity index is 483. The van der Waals surface area contributed by atoms with Crippen molar-refractivity contribution in [3.63, 3.8) is 0 Å². The molecule has 19 heavy (non-hydrogen) atoms. The van der Waals surface area contributed by atoms with Crippen LogP contribution in [0.3, 0.4) is 0 Å². The average Bonchev–Trinajstić information content (AvgIpc) is 2.68. The highest BCUT2D eigenvalue weighted by Crippen LogP contribution is 2.39. The van der Waals surface area contributed by atoms with Gasteiger partial charge in [-0.1, -0.05) is 13.8 Å². The van der Waals surface area contributed by atoms with Gasteiger partial charge in [0.25, 0.3) is 0 Å². The summed E-state index contributed by atoms with van der Waals surface area (Å²) in [4.78, 5) is 11.2. The molecule has 0 spiro atoms. The van der Waals surface area contributed by atoms with Gasteiger partial charge in [-0.3, -0.25) is 4.79 Å². The quantitative estimate of drug-likeness (QED) is 0.877. The Morgan fingerprint density at radius 2 is 2.21 bits per heavy atom. The maximum atomic E-state index is 11.2. The average molecular weight is 262 g/mol. The summed E-state index contributed by atoms with van der Waals surface area (Å²) in [5.41, 5.74) is 7.05. The summed E-state index contributed by atoms with van der Waals surface area (Å²) >= 11 is 0. The van der Waals surface area contributed by atoms with Gasteiger partial charge in [-0.05, 0) is 42.9 Å². The molecule has 4 nitrogen and oxygen atoms in total. The fourth-order valence-corrected chi connectivity index (χ4v) is 2.75. The van der Waals surface area contributed by atoms with Gasteiger partial charge in [0.2, 0.25) is 5.91 Å². The van der Waals surface area contributed by atoms with Crippen molar-refractivity contribution in [2.75, 3.05) is 12.4 Å². The summed E-state index contributed by atoms with van der Waals surface area (Å²) in [6.07, 6.45) is 3.47. The number of nitrogens with one attached hydrogen (secondary N) is 1. The lowest BCUT2D eigenvalue weighted by molar-refractivity contribution is 0.100. The molecule has 0 heterocycles. The Labute approximate surface area is 114 Å². The molecule has 3 N–H and O–H groups in total. The standard InChI is InChI=1S/C15H22N2O2/c1-15(2)7-6-11(9-15)17-12-8-10(14(16)18)4-5-13(12)19-3/h4-5,8,11,17H,6-7,9H2,1-3H3,(H2,16,18). The second-order valence-electron chi connectivity index (χ2n) is 6.03. The normalized spacial score (nSPS) is 21.1. The first-order chi connectivity index (χ1) is 8.91. The number of hydrogen-bond donors (Lipinski definition) is 2. The number of nitrogens with two attached hydrogens (primary N) is 1. The number of anilines is 1. The van der Waals surface area contributed by atoms with Gasteiger partial charge >= 0.3 is 0 Å². The SMILES string of the molecule is COc1ccc(C(N)=O)cc1NC1CCC(C)(C)C1. The van der Waals surface area contributed by atoms with E-state index in [-0.39, 0.29) is 0 Å². The third-order valence-electron chi connectivity index (χ3n) is 3.81. The van der Waals surface area contributed by atoms with Crippen LogP contribution in [-0.2, 0) is 0 Å². The van der Waals surface area contributed by atoms with Crippen LogP contribution in [-0.4, -0.2) is 19.1 Å². The summed E-state index contributed by atoms with van der Waals surface area (Å²) in [7, 11) is 1.63. The van der Waals surface area contributed by atoms with E-state index in [0.29, 0.717) is 17.0 Å². The van der Waals surface area contributed by atoms with E-state index in [0.717, 1.165) is 24.3 Å². The third-order valence-corrected chi connectivity index (χ3v) is 3.81. The van der Waals surface area contributed by atoms with Gasteiger partial charge in [-0.2, -0.15) is 0 Å². The minimum Gasteiger partial charge on any atom is -0.495 e. The van der Waals surface area contributed by atoms with E-state index in [9.17, 15) is 4.79 Å². The third kappa shape index (κ3) is 3.19. The van der Waals surface area contributed by atoms with Gasteiger partial charge in [-0.25, -0.2) is 0 Å². The van der Waals surface area contributed by atoms with Gasteiger partial charge in [0.05, 0.1) is 12.8 Å². The molecule has 1 atom stereocenters. The molecule has 4 heteroatoms. The molecule has 1 aliphatic carbocycles. The van der Waals surface area contributed by atoms with E-state index >= 15 is 0 Å². The molecule has 0 saturated heterocycles. The molecule has 0 bridgehead atoms. The largest absolute Gasteiger partial charge is 0.495 e. The van der Waals surface area contributed by atoms with E-state index < -0.39 is 5.91 Å². The molecule has 0 radical (unpaired) electrons. The molecule has 1 aromatic rings. The van der Waals surface area contributed by atoms with Crippen LogP contribution >= 0.6 is 0 Å². The van der Waals surface area contributed by atoms with Gasteiger partial charge < -0.3 is 15.8 Å². The first-order valence-electron chi connectivity index (χ1n) is 6.66. The van der Waals surface area contributed by atoms with E-state index in [1.165, 1.54) is 6.42 Å². The van der Waals surface area contributed by atoms with Crippen LogP contribution < -0.4 is 15.8 Å². The van der Waals surface area contributed by atoms with Crippen LogP contribution in [0.5, 0.6) is 5.75 Å². The van der Waals surface area contributed by atoms with Crippen molar-refractivity contribution in [3.8, 4) is 5.75 Å². The number of amides is 1. The predicted molar refractivity (Wildman–Crippen MR) is 76.6 cm³/mol. The van der Waals surface area contributed by atoms with Gasteiger partial charge in [0.15, 0.2) is 0 Å². The highest BCUT2D eigenvalue weighted by atomic mass is 16.5. The van der Waals surface area contributed by atoms with Crippen LogP contribution in [0, 0.1) is 5.41 Å². The predicted octanol–water partition coefficient (Wildman–Crippen LogP) is 2.78. The van der Waals surface area contributed by atoms with Crippen LogP contribution in [0.25, 0.3) is 0 Å². The fraction of sp³-hybridized carbons (Fsp3) is 0.533. The number of hydrogen-bond acceptors (Lipinski definition) is 3. The topological polar surface area (TPSA) is 64.3 Å². The van der Waals surface area contributed by atoms with Crippen molar-refractivity contribution < 1.29 is 9.53 Å². The lowest BCUT2D eigenvalue weighted by Crippen LogP contribution is -2.19. The molecule has 1 unspecified atom stereocenters. The van der Waals surface area contributed by atoms with E-state index in [4.69, 9.17) is 10.5 Å². The molecule has 1 aromatic carbocycles. The summed E-state index contributed by atoms with van der Waals surface area (Å²) in [6, 6.07) is 5.66. The minimum atomic E-state index is -0.419. The zero-order valence-corrected chi connectivity index (χ0v) is 11.8. The Balaban J connectivity index is 2.18. The molecular formula is C15H22N2O2. The van der Waals surface area contributed by atoms with Crippen molar-refractivity contribution in [1.29, 1.82) is 0 Å². The van der Waals surface area contributed by atoms with Gasteiger partial charge in [-0.15, -0.1) is 0 Å². The molecule has 104 valence electrons. The van der Waals surface area contributed by atoms with Crippen LogP contribution in [0.15, 0.2) is 18.2 Å². The number of methoxy groups -OCH3 is 1. The fourth-order valence-electron chi connectivity index (χ4n) is 2.75. The van der Waals surface area contributed by atoms with Crippen molar-refractivity contribution >= 4 is 11.6 Å². The Morgan fingerprint density at radius 1 is 1.47 bits per heavy atom.